The zero-order chi connectivity index (χ0) is 12.5. The van der Waals surface area contributed by atoms with E-state index in [-0.39, 0.29) is 18.1 Å². The van der Waals surface area contributed by atoms with Crippen molar-refractivity contribution in [2.24, 2.45) is 0 Å². The van der Waals surface area contributed by atoms with Gasteiger partial charge in [0, 0.05) is 19.6 Å². The zero-order valence-electron chi connectivity index (χ0n) is 8.83. The molecule has 0 radical (unpaired) electrons. The van der Waals surface area contributed by atoms with Crippen LogP contribution in [-0.4, -0.2) is 59.7 Å². The van der Waals surface area contributed by atoms with E-state index in [0.29, 0.717) is 6.54 Å². The Morgan fingerprint density at radius 1 is 1.59 bits per heavy atom. The Morgan fingerprint density at radius 3 is 2.94 bits per heavy atom. The predicted molar refractivity (Wildman–Crippen MR) is 56.8 cm³/mol. The molecule has 0 aliphatic carbocycles. The summed E-state index contributed by atoms with van der Waals surface area (Å²) < 4.78 is 25.2. The number of H-pyrrole nitrogens is 1. The molecule has 0 amide bonds. The summed E-state index contributed by atoms with van der Waals surface area (Å²) in [6.45, 7) is 0.651. The van der Waals surface area contributed by atoms with Crippen LogP contribution in [0.5, 0.6) is 0 Å². The Hall–Kier alpha value is -1.45. The van der Waals surface area contributed by atoms with Crippen LogP contribution in [0.1, 0.15) is 0 Å². The van der Waals surface area contributed by atoms with Crippen LogP contribution in [0.25, 0.3) is 0 Å². The molecule has 1 unspecified atom stereocenters. The van der Waals surface area contributed by atoms with Crippen molar-refractivity contribution in [1.29, 1.82) is 0 Å². The van der Waals surface area contributed by atoms with Gasteiger partial charge in [-0.1, -0.05) is 0 Å². The van der Waals surface area contributed by atoms with Crippen LogP contribution in [0.4, 0.5) is 0 Å². The molecule has 0 bridgehead atoms. The lowest BCUT2D eigenvalue weighted by Gasteiger charge is -2.31. The molecule has 1 fully saturated rings. The van der Waals surface area contributed by atoms with Gasteiger partial charge in [0.15, 0.2) is 5.03 Å². The highest BCUT2D eigenvalue weighted by Crippen LogP contribution is 2.17. The maximum atomic E-state index is 12.1. The summed E-state index contributed by atoms with van der Waals surface area (Å²) in [5.74, 6) is -1.17. The highest BCUT2D eigenvalue weighted by molar-refractivity contribution is 7.89. The number of aromatic nitrogens is 2. The minimum Gasteiger partial charge on any atom is -0.480 e. The van der Waals surface area contributed by atoms with Crippen molar-refractivity contribution in [1.82, 2.24) is 19.8 Å². The second-order valence-corrected chi connectivity index (χ2v) is 5.45. The van der Waals surface area contributed by atoms with E-state index in [2.05, 4.69) is 15.5 Å². The Kier molecular flexibility index (Phi) is 3.13. The minimum absolute atomic E-state index is 0.0920. The molecule has 94 valence electrons. The third-order valence-electron chi connectivity index (χ3n) is 2.54. The first kappa shape index (κ1) is 12.0. The number of aromatic amines is 1. The van der Waals surface area contributed by atoms with Crippen molar-refractivity contribution in [2.45, 2.75) is 11.1 Å². The van der Waals surface area contributed by atoms with Crippen LogP contribution in [0, 0.1) is 0 Å². The number of carboxylic acids is 1. The van der Waals surface area contributed by atoms with Crippen molar-refractivity contribution in [2.75, 3.05) is 19.6 Å². The van der Waals surface area contributed by atoms with Gasteiger partial charge < -0.3 is 10.4 Å². The molecule has 2 heterocycles. The van der Waals surface area contributed by atoms with E-state index in [1.165, 1.54) is 12.3 Å². The van der Waals surface area contributed by atoms with Gasteiger partial charge in [-0.25, -0.2) is 8.42 Å². The molecule has 8 nitrogen and oxygen atoms in total. The molecular formula is C8H12N4O4S. The fraction of sp³-hybridized carbons (Fsp3) is 0.500. The normalized spacial score (nSPS) is 22.5. The number of nitrogens with zero attached hydrogens (tertiary/aromatic N) is 2. The molecule has 17 heavy (non-hydrogen) atoms. The quantitative estimate of drug-likeness (QED) is 0.606. The Morgan fingerprint density at radius 2 is 2.35 bits per heavy atom. The molecule has 1 aromatic heterocycles. The van der Waals surface area contributed by atoms with Crippen molar-refractivity contribution in [3.63, 3.8) is 0 Å². The molecule has 1 atom stereocenters. The van der Waals surface area contributed by atoms with Gasteiger partial charge in [-0.05, 0) is 6.07 Å². The van der Waals surface area contributed by atoms with Crippen molar-refractivity contribution >= 4 is 16.0 Å². The summed E-state index contributed by atoms with van der Waals surface area (Å²) in [5, 5.41) is 17.7. The molecule has 1 aliphatic heterocycles. The summed E-state index contributed by atoms with van der Waals surface area (Å²) in [6.07, 6.45) is 1.31. The fourth-order valence-electron chi connectivity index (χ4n) is 1.70. The zero-order valence-corrected chi connectivity index (χ0v) is 9.64. The van der Waals surface area contributed by atoms with Crippen molar-refractivity contribution < 1.29 is 18.3 Å². The number of carbonyl (C=O) groups is 1. The molecule has 1 aliphatic rings. The largest absolute Gasteiger partial charge is 0.480 e. The van der Waals surface area contributed by atoms with E-state index >= 15 is 0 Å². The van der Waals surface area contributed by atoms with Crippen molar-refractivity contribution in [3.05, 3.63) is 12.3 Å². The number of sulfonamides is 1. The van der Waals surface area contributed by atoms with Gasteiger partial charge in [0.25, 0.3) is 10.0 Å². The molecule has 3 N–H and O–H groups in total. The average molecular weight is 260 g/mol. The van der Waals surface area contributed by atoms with Crippen molar-refractivity contribution in [3.8, 4) is 0 Å². The third-order valence-corrected chi connectivity index (χ3v) is 4.38. The minimum atomic E-state index is -3.82. The molecule has 0 saturated carbocycles. The van der Waals surface area contributed by atoms with Crippen LogP contribution >= 0.6 is 0 Å². The number of hydrogen-bond donors (Lipinski definition) is 3. The van der Waals surface area contributed by atoms with Crippen LogP contribution in [0.3, 0.4) is 0 Å². The van der Waals surface area contributed by atoms with Gasteiger partial charge in [0.2, 0.25) is 0 Å². The molecular weight excluding hydrogens is 248 g/mol. The average Bonchev–Trinajstić information content (AvgIpc) is 2.83. The number of hydrogen-bond acceptors (Lipinski definition) is 5. The summed E-state index contributed by atoms with van der Waals surface area (Å²) in [6, 6.07) is 0.216. The van der Waals surface area contributed by atoms with Crippen LogP contribution in [-0.2, 0) is 14.8 Å². The number of carboxylic acid groups (broad SMARTS) is 1. The smallest absolute Gasteiger partial charge is 0.323 e. The third kappa shape index (κ3) is 2.16. The summed E-state index contributed by atoms with van der Waals surface area (Å²) in [5.41, 5.74) is 0. The molecule has 1 saturated heterocycles. The Balaban J connectivity index is 2.34. The maximum absolute atomic E-state index is 12.1. The molecule has 0 spiro atoms. The van der Waals surface area contributed by atoms with Gasteiger partial charge in [-0.3, -0.25) is 9.89 Å². The van der Waals surface area contributed by atoms with Gasteiger partial charge >= 0.3 is 5.97 Å². The number of aliphatic carboxylic acids is 1. The summed E-state index contributed by atoms with van der Waals surface area (Å²) >= 11 is 0. The topological polar surface area (TPSA) is 115 Å². The van der Waals surface area contributed by atoms with Crippen LogP contribution < -0.4 is 5.32 Å². The molecule has 2 rings (SSSR count). The molecule has 9 heteroatoms. The fourth-order valence-corrected chi connectivity index (χ4v) is 3.18. The first-order valence-corrected chi connectivity index (χ1v) is 6.42. The maximum Gasteiger partial charge on any atom is 0.323 e. The number of rotatable bonds is 3. The van der Waals surface area contributed by atoms with Crippen LogP contribution in [0.15, 0.2) is 17.3 Å². The predicted octanol–water partition coefficient (Wildman–Crippen LogP) is -1.54. The number of piperazine rings is 1. The van der Waals surface area contributed by atoms with Gasteiger partial charge in [-0.15, -0.1) is 0 Å². The second kappa shape index (κ2) is 4.43. The highest BCUT2D eigenvalue weighted by Gasteiger charge is 2.38. The number of nitrogens with one attached hydrogen (secondary N) is 2. The van der Waals surface area contributed by atoms with Crippen LogP contribution in [0.2, 0.25) is 0 Å². The van der Waals surface area contributed by atoms with E-state index in [9.17, 15) is 13.2 Å². The SMILES string of the molecule is O=C(O)C1CNCCN1S(=O)(=O)c1ccn[nH]1. The lowest BCUT2D eigenvalue weighted by atomic mass is 10.2. The van der Waals surface area contributed by atoms with E-state index in [0.717, 1.165) is 4.31 Å². The lowest BCUT2D eigenvalue weighted by Crippen LogP contribution is -2.56. The van der Waals surface area contributed by atoms with E-state index < -0.39 is 22.0 Å². The standard InChI is InChI=1S/C8H12N4O4S/c13-8(14)6-5-9-3-4-12(6)17(15,16)7-1-2-10-11-7/h1-2,6,9H,3-5H2,(H,10,11)(H,13,14). The van der Waals surface area contributed by atoms with E-state index in [4.69, 9.17) is 5.11 Å². The Bertz CT molecular complexity index is 498. The summed E-state index contributed by atoms with van der Waals surface area (Å²) in [4.78, 5) is 11.0. The monoisotopic (exact) mass is 260 g/mol. The Labute approximate surface area is 97.7 Å². The second-order valence-electron chi connectivity index (χ2n) is 3.59. The lowest BCUT2D eigenvalue weighted by molar-refractivity contribution is -0.141. The van der Waals surface area contributed by atoms with E-state index in [1.807, 2.05) is 0 Å². The first-order chi connectivity index (χ1) is 8.03. The van der Waals surface area contributed by atoms with Gasteiger partial charge in [0.1, 0.15) is 6.04 Å². The van der Waals surface area contributed by atoms with Gasteiger partial charge in [0.05, 0.1) is 6.20 Å². The van der Waals surface area contributed by atoms with Gasteiger partial charge in [-0.2, -0.15) is 9.40 Å². The molecule has 1 aromatic rings. The van der Waals surface area contributed by atoms with E-state index in [1.54, 1.807) is 0 Å². The highest BCUT2D eigenvalue weighted by atomic mass is 32.2. The summed E-state index contributed by atoms with van der Waals surface area (Å²) in [7, 11) is -3.82. The molecule has 0 aromatic carbocycles. The first-order valence-electron chi connectivity index (χ1n) is 4.98.